The van der Waals surface area contributed by atoms with Crippen molar-refractivity contribution in [1.29, 1.82) is 0 Å². The van der Waals surface area contributed by atoms with Crippen molar-refractivity contribution in [3.63, 3.8) is 0 Å². The molecule has 0 amide bonds. The average Bonchev–Trinajstić information content (AvgIpc) is 2.67. The largest absolute Gasteiger partial charge is 0.502 e. The van der Waals surface area contributed by atoms with E-state index in [0.29, 0.717) is 0 Å². The van der Waals surface area contributed by atoms with Gasteiger partial charge in [0, 0.05) is 23.4 Å². The van der Waals surface area contributed by atoms with Crippen molar-refractivity contribution < 1.29 is 36.2 Å². The summed E-state index contributed by atoms with van der Waals surface area (Å²) >= 11 is 0. The molecule has 12 heteroatoms. The molecular weight excluding hydrogens is 441 g/mol. The van der Waals surface area contributed by atoms with Gasteiger partial charge < -0.3 is 14.9 Å². The summed E-state index contributed by atoms with van der Waals surface area (Å²) in [7, 11) is -4.66. The highest BCUT2D eigenvalue weighted by Crippen LogP contribution is 2.42. The number of pyridine rings is 1. The van der Waals surface area contributed by atoms with Crippen molar-refractivity contribution in [1.82, 2.24) is 4.68 Å². The molecule has 1 aliphatic heterocycles. The van der Waals surface area contributed by atoms with Crippen molar-refractivity contribution in [3.8, 4) is 17.0 Å². The van der Waals surface area contributed by atoms with E-state index in [9.17, 15) is 36.3 Å². The van der Waals surface area contributed by atoms with Crippen LogP contribution in [0.4, 0.5) is 13.2 Å². The molecule has 31 heavy (non-hydrogen) atoms. The van der Waals surface area contributed by atoms with Crippen LogP contribution in [0.3, 0.4) is 0 Å². The van der Waals surface area contributed by atoms with E-state index in [1.54, 1.807) is 18.9 Å². The molecule has 168 valence electrons. The Morgan fingerprint density at radius 1 is 1.26 bits per heavy atom. The maximum absolute atomic E-state index is 13.2. The van der Waals surface area contributed by atoms with Crippen LogP contribution in [-0.2, 0) is 16.4 Å². The fourth-order valence-corrected chi connectivity index (χ4v) is 4.49. The number of sulfone groups is 1. The maximum Gasteiger partial charge on any atom is 0.502 e. The van der Waals surface area contributed by atoms with E-state index in [4.69, 9.17) is 4.74 Å². The second kappa shape index (κ2) is 7.29. The zero-order valence-electron chi connectivity index (χ0n) is 16.9. The Hall–Kier alpha value is -3.02. The molecule has 1 aliphatic rings. The first-order valence-electron chi connectivity index (χ1n) is 9.01. The lowest BCUT2D eigenvalue weighted by Gasteiger charge is -2.39. The van der Waals surface area contributed by atoms with Gasteiger partial charge in [-0.15, -0.1) is 0 Å². The summed E-state index contributed by atoms with van der Waals surface area (Å²) in [5.74, 6) is -1.95. The topological polar surface area (TPSA) is 106 Å². The van der Waals surface area contributed by atoms with Crippen LogP contribution in [0.1, 0.15) is 35.3 Å². The summed E-state index contributed by atoms with van der Waals surface area (Å²) in [6.07, 6.45) is 1.16. The first-order valence-corrected chi connectivity index (χ1v) is 10.5. The first-order chi connectivity index (χ1) is 14.2. The van der Waals surface area contributed by atoms with E-state index in [0.717, 1.165) is 25.4 Å². The van der Waals surface area contributed by atoms with Crippen LogP contribution in [0.5, 0.6) is 5.75 Å². The molecule has 8 nitrogen and oxygen atoms in total. The molecule has 2 heterocycles. The number of methoxy groups -OCH3 is 1. The van der Waals surface area contributed by atoms with Gasteiger partial charge >= 0.3 is 11.5 Å². The number of hydrogen-bond acceptors (Lipinski definition) is 6. The summed E-state index contributed by atoms with van der Waals surface area (Å²) in [6, 6.07) is 1.76. The predicted octanol–water partition coefficient (Wildman–Crippen LogP) is 2.68. The van der Waals surface area contributed by atoms with Crippen LogP contribution in [-0.4, -0.2) is 42.8 Å². The van der Waals surface area contributed by atoms with Crippen LogP contribution in [0, 0.1) is 6.92 Å². The monoisotopic (exact) mass is 460 g/mol. The van der Waals surface area contributed by atoms with Gasteiger partial charge in [0.25, 0.3) is 9.84 Å². The molecule has 1 N–H and O–H groups in total. The maximum atomic E-state index is 13.2. The van der Waals surface area contributed by atoms with Gasteiger partial charge in [-0.2, -0.15) is 13.2 Å². The molecule has 0 bridgehead atoms. The SMILES string of the molecule is COc1cc2c(cc1S(=O)(=O)C(F)(F)F)CN(C(C)C)n1cc(C(=O)O)c(=O)c(C)c1-2. The van der Waals surface area contributed by atoms with Crippen LogP contribution in [0.2, 0.25) is 0 Å². The fourth-order valence-electron chi connectivity index (χ4n) is 3.54. The summed E-state index contributed by atoms with van der Waals surface area (Å²) in [5.41, 5.74) is -5.93. The predicted molar refractivity (Wildman–Crippen MR) is 105 cm³/mol. The number of halogens is 3. The molecule has 1 aromatic heterocycles. The lowest BCUT2D eigenvalue weighted by molar-refractivity contribution is -0.0437. The highest BCUT2D eigenvalue weighted by atomic mass is 32.2. The Kier molecular flexibility index (Phi) is 5.33. The lowest BCUT2D eigenvalue weighted by atomic mass is 9.96. The van der Waals surface area contributed by atoms with Crippen LogP contribution in [0.15, 0.2) is 28.0 Å². The van der Waals surface area contributed by atoms with E-state index in [1.165, 1.54) is 11.6 Å². The van der Waals surface area contributed by atoms with E-state index >= 15 is 0 Å². The Balaban J connectivity index is 2.42. The van der Waals surface area contributed by atoms with Gasteiger partial charge in [0.1, 0.15) is 16.2 Å². The second-order valence-corrected chi connectivity index (χ2v) is 9.21. The van der Waals surface area contributed by atoms with E-state index in [-0.39, 0.29) is 35.0 Å². The number of hydrogen-bond donors (Lipinski definition) is 1. The third kappa shape index (κ3) is 3.44. The summed E-state index contributed by atoms with van der Waals surface area (Å²) in [5, 5.41) is 11.0. The molecule has 3 rings (SSSR count). The number of benzene rings is 1. The van der Waals surface area contributed by atoms with Crippen LogP contribution < -0.4 is 15.2 Å². The van der Waals surface area contributed by atoms with Gasteiger partial charge in [0.05, 0.1) is 19.3 Å². The average molecular weight is 460 g/mol. The van der Waals surface area contributed by atoms with Gasteiger partial charge in [0.2, 0.25) is 0 Å². The molecule has 2 aromatic rings. The fraction of sp³-hybridized carbons (Fsp3) is 0.368. The number of carbonyl (C=O) groups is 1. The van der Waals surface area contributed by atoms with E-state index < -0.39 is 43.0 Å². The molecule has 0 saturated heterocycles. The van der Waals surface area contributed by atoms with Crippen molar-refractivity contribution in [2.75, 3.05) is 12.1 Å². The van der Waals surface area contributed by atoms with Gasteiger partial charge in [-0.3, -0.25) is 9.47 Å². The number of ether oxygens (including phenoxy) is 1. The number of fused-ring (bicyclic) bond motifs is 3. The Labute approximate surface area is 175 Å². The van der Waals surface area contributed by atoms with Crippen LogP contribution >= 0.6 is 0 Å². The Morgan fingerprint density at radius 3 is 2.35 bits per heavy atom. The highest BCUT2D eigenvalue weighted by molar-refractivity contribution is 7.92. The molecule has 1 aromatic carbocycles. The van der Waals surface area contributed by atoms with Gasteiger partial charge in [-0.1, -0.05) is 0 Å². The molecule has 0 atom stereocenters. The molecule has 0 saturated carbocycles. The second-order valence-electron chi connectivity index (χ2n) is 7.30. The standard InChI is InChI=1S/C19H19F3N2O6S/c1-9(2)23-7-11-5-15(31(28,29)19(20,21)22)14(30-4)6-12(11)16-10(3)17(25)13(18(26)27)8-24(16)23/h5-6,8-9H,7H2,1-4H3,(H,26,27). The zero-order valence-corrected chi connectivity index (χ0v) is 17.8. The summed E-state index contributed by atoms with van der Waals surface area (Å²) < 4.78 is 70.1. The minimum absolute atomic E-state index is 0.0221. The van der Waals surface area contributed by atoms with Crippen molar-refractivity contribution >= 4 is 15.8 Å². The molecular formula is C19H19F3N2O6S. The van der Waals surface area contributed by atoms with Gasteiger partial charge in [-0.25, -0.2) is 13.2 Å². The lowest BCUT2D eigenvalue weighted by Crippen LogP contribution is -2.45. The Morgan fingerprint density at radius 2 is 1.87 bits per heavy atom. The minimum Gasteiger partial charge on any atom is -0.495 e. The number of aromatic carboxylic acids is 1. The van der Waals surface area contributed by atoms with Gasteiger partial charge in [-0.05, 0) is 38.5 Å². The molecule has 0 radical (unpaired) electrons. The number of carboxylic acids is 1. The molecule has 0 fully saturated rings. The number of carboxylic acid groups (broad SMARTS) is 1. The molecule has 0 aliphatic carbocycles. The van der Waals surface area contributed by atoms with Crippen molar-refractivity contribution in [2.24, 2.45) is 0 Å². The number of nitrogens with zero attached hydrogens (tertiary/aromatic N) is 2. The third-order valence-corrected chi connectivity index (χ3v) is 6.60. The quantitative estimate of drug-likeness (QED) is 0.748. The highest BCUT2D eigenvalue weighted by Gasteiger charge is 2.49. The zero-order chi connectivity index (χ0) is 23.5. The van der Waals surface area contributed by atoms with Crippen LogP contribution in [0.25, 0.3) is 11.3 Å². The number of aromatic nitrogens is 1. The number of alkyl halides is 3. The first kappa shape index (κ1) is 22.7. The van der Waals surface area contributed by atoms with Crippen molar-refractivity contribution in [3.05, 3.63) is 45.2 Å². The molecule has 0 unspecified atom stereocenters. The number of rotatable bonds is 4. The summed E-state index contributed by atoms with van der Waals surface area (Å²) in [6.45, 7) is 4.91. The molecule has 0 spiro atoms. The smallest absolute Gasteiger partial charge is 0.495 e. The van der Waals surface area contributed by atoms with Crippen molar-refractivity contribution in [2.45, 2.75) is 43.8 Å². The van der Waals surface area contributed by atoms with Gasteiger partial charge in [0.15, 0.2) is 5.43 Å². The third-order valence-electron chi connectivity index (χ3n) is 5.10. The Bertz CT molecular complexity index is 1250. The van der Waals surface area contributed by atoms with E-state index in [2.05, 4.69) is 0 Å². The normalized spacial score (nSPS) is 13.7. The minimum atomic E-state index is -5.69. The summed E-state index contributed by atoms with van der Waals surface area (Å²) in [4.78, 5) is 23.1. The van der Waals surface area contributed by atoms with E-state index in [1.807, 2.05) is 0 Å².